The van der Waals surface area contributed by atoms with Crippen LogP contribution in [0.15, 0.2) is 18.2 Å². The van der Waals surface area contributed by atoms with Gasteiger partial charge in [0.15, 0.2) is 0 Å². The molecule has 1 aliphatic rings. The van der Waals surface area contributed by atoms with Crippen molar-refractivity contribution in [2.75, 3.05) is 18.4 Å². The summed E-state index contributed by atoms with van der Waals surface area (Å²) in [4.78, 5) is 11.7. The Labute approximate surface area is 113 Å². The van der Waals surface area contributed by atoms with E-state index in [0.717, 1.165) is 23.7 Å². The molecule has 1 saturated carbocycles. The second-order valence-corrected chi connectivity index (χ2v) is 5.37. The zero-order valence-corrected chi connectivity index (χ0v) is 11.4. The van der Waals surface area contributed by atoms with Crippen molar-refractivity contribution in [2.24, 2.45) is 5.92 Å². The van der Waals surface area contributed by atoms with Crippen LogP contribution < -0.4 is 10.6 Å². The van der Waals surface area contributed by atoms with E-state index in [1.807, 2.05) is 19.1 Å². The summed E-state index contributed by atoms with van der Waals surface area (Å²) in [7, 11) is 0. The van der Waals surface area contributed by atoms with Crippen molar-refractivity contribution in [3.05, 3.63) is 28.8 Å². The Morgan fingerprint density at radius 3 is 2.89 bits per heavy atom. The van der Waals surface area contributed by atoms with E-state index in [1.54, 1.807) is 6.07 Å². The molecule has 98 valence electrons. The third kappa shape index (κ3) is 3.72. The minimum atomic E-state index is -0.0142. The SMILES string of the molecule is Cc1ccc(Cl)cc1NC(=O)CNCC1CCC1. The van der Waals surface area contributed by atoms with Crippen LogP contribution in [0.1, 0.15) is 24.8 Å². The van der Waals surface area contributed by atoms with Crippen molar-refractivity contribution < 1.29 is 4.79 Å². The van der Waals surface area contributed by atoms with Crippen LogP contribution in [0.4, 0.5) is 5.69 Å². The Balaban J connectivity index is 1.77. The Hall–Kier alpha value is -1.06. The van der Waals surface area contributed by atoms with E-state index < -0.39 is 0 Å². The van der Waals surface area contributed by atoms with Crippen LogP contribution in [-0.4, -0.2) is 19.0 Å². The van der Waals surface area contributed by atoms with Gasteiger partial charge in [-0.3, -0.25) is 4.79 Å². The highest BCUT2D eigenvalue weighted by molar-refractivity contribution is 6.31. The van der Waals surface area contributed by atoms with Gasteiger partial charge in [0, 0.05) is 10.7 Å². The topological polar surface area (TPSA) is 41.1 Å². The molecule has 2 N–H and O–H groups in total. The summed E-state index contributed by atoms with van der Waals surface area (Å²) in [5, 5.41) is 6.71. The van der Waals surface area contributed by atoms with Gasteiger partial charge < -0.3 is 10.6 Å². The molecule has 1 amide bonds. The van der Waals surface area contributed by atoms with E-state index in [-0.39, 0.29) is 5.91 Å². The fourth-order valence-corrected chi connectivity index (χ4v) is 2.18. The van der Waals surface area contributed by atoms with Gasteiger partial charge in [0.25, 0.3) is 0 Å². The van der Waals surface area contributed by atoms with Crippen LogP contribution in [0.25, 0.3) is 0 Å². The molecule has 0 radical (unpaired) electrons. The first kappa shape index (κ1) is 13.4. The number of aryl methyl sites for hydroxylation is 1. The second kappa shape index (κ2) is 6.21. The van der Waals surface area contributed by atoms with Crippen LogP contribution in [0, 0.1) is 12.8 Å². The van der Waals surface area contributed by atoms with E-state index >= 15 is 0 Å². The van der Waals surface area contributed by atoms with Crippen LogP contribution in [0.5, 0.6) is 0 Å². The van der Waals surface area contributed by atoms with Crippen LogP contribution in [0.2, 0.25) is 5.02 Å². The van der Waals surface area contributed by atoms with Crippen molar-refractivity contribution in [2.45, 2.75) is 26.2 Å². The largest absolute Gasteiger partial charge is 0.325 e. The number of hydrogen-bond donors (Lipinski definition) is 2. The average molecular weight is 267 g/mol. The van der Waals surface area contributed by atoms with Gasteiger partial charge in [0.05, 0.1) is 6.54 Å². The zero-order chi connectivity index (χ0) is 13.0. The van der Waals surface area contributed by atoms with Crippen molar-refractivity contribution in [1.29, 1.82) is 0 Å². The first-order valence-electron chi connectivity index (χ1n) is 6.42. The third-order valence-corrected chi connectivity index (χ3v) is 3.65. The highest BCUT2D eigenvalue weighted by Gasteiger charge is 2.16. The maximum atomic E-state index is 11.7. The van der Waals surface area contributed by atoms with E-state index in [2.05, 4.69) is 10.6 Å². The predicted octanol–water partition coefficient (Wildman–Crippen LogP) is 2.98. The van der Waals surface area contributed by atoms with Crippen LogP contribution in [0.3, 0.4) is 0 Å². The number of hydrogen-bond acceptors (Lipinski definition) is 2. The molecule has 1 aromatic carbocycles. The van der Waals surface area contributed by atoms with Crippen molar-refractivity contribution in [1.82, 2.24) is 5.32 Å². The summed E-state index contributed by atoms with van der Waals surface area (Å²) in [6.45, 7) is 3.26. The molecule has 0 saturated heterocycles. The lowest BCUT2D eigenvalue weighted by Gasteiger charge is -2.25. The lowest BCUT2D eigenvalue weighted by atomic mass is 9.85. The van der Waals surface area contributed by atoms with Gasteiger partial charge in [0.1, 0.15) is 0 Å². The Morgan fingerprint density at radius 2 is 2.22 bits per heavy atom. The first-order chi connectivity index (χ1) is 8.65. The summed E-state index contributed by atoms with van der Waals surface area (Å²) in [5.74, 6) is 0.755. The Bertz CT molecular complexity index is 430. The minimum Gasteiger partial charge on any atom is -0.325 e. The maximum Gasteiger partial charge on any atom is 0.238 e. The first-order valence-corrected chi connectivity index (χ1v) is 6.79. The molecule has 2 rings (SSSR count). The average Bonchev–Trinajstić information content (AvgIpc) is 2.27. The molecule has 4 heteroatoms. The summed E-state index contributed by atoms with van der Waals surface area (Å²) in [6.07, 6.45) is 3.92. The number of halogens is 1. The van der Waals surface area contributed by atoms with Crippen molar-refractivity contribution in [3.8, 4) is 0 Å². The van der Waals surface area contributed by atoms with Gasteiger partial charge in [-0.25, -0.2) is 0 Å². The second-order valence-electron chi connectivity index (χ2n) is 4.94. The molecule has 0 unspecified atom stereocenters. The number of carbonyl (C=O) groups excluding carboxylic acids is 1. The lowest BCUT2D eigenvalue weighted by molar-refractivity contribution is -0.115. The molecule has 1 aliphatic carbocycles. The summed E-state index contributed by atoms with van der Waals surface area (Å²) < 4.78 is 0. The molecule has 3 nitrogen and oxygen atoms in total. The number of rotatable bonds is 5. The van der Waals surface area contributed by atoms with Gasteiger partial charge in [-0.05, 0) is 49.9 Å². The van der Waals surface area contributed by atoms with E-state index in [9.17, 15) is 4.79 Å². The predicted molar refractivity (Wildman–Crippen MR) is 75.0 cm³/mol. The number of nitrogens with one attached hydrogen (secondary N) is 2. The molecule has 18 heavy (non-hydrogen) atoms. The highest BCUT2D eigenvalue weighted by atomic mass is 35.5. The fourth-order valence-electron chi connectivity index (χ4n) is 2.01. The molecule has 1 aromatic rings. The third-order valence-electron chi connectivity index (χ3n) is 3.42. The quantitative estimate of drug-likeness (QED) is 0.860. The molecule has 0 aliphatic heterocycles. The maximum absolute atomic E-state index is 11.7. The number of anilines is 1. The summed E-state index contributed by atoms with van der Waals surface area (Å²) >= 11 is 5.91. The van der Waals surface area contributed by atoms with Gasteiger partial charge in [-0.1, -0.05) is 24.1 Å². The highest BCUT2D eigenvalue weighted by Crippen LogP contribution is 2.25. The van der Waals surface area contributed by atoms with Crippen molar-refractivity contribution in [3.63, 3.8) is 0 Å². The van der Waals surface area contributed by atoms with Gasteiger partial charge in [0.2, 0.25) is 5.91 Å². The van der Waals surface area contributed by atoms with E-state index in [0.29, 0.717) is 11.6 Å². The molecule has 0 heterocycles. The molecule has 0 bridgehead atoms. The van der Waals surface area contributed by atoms with E-state index in [4.69, 9.17) is 11.6 Å². The molecule has 1 fully saturated rings. The van der Waals surface area contributed by atoms with Crippen LogP contribution >= 0.6 is 11.6 Å². The minimum absolute atomic E-state index is 0.0142. The van der Waals surface area contributed by atoms with Gasteiger partial charge in [-0.2, -0.15) is 0 Å². The van der Waals surface area contributed by atoms with Gasteiger partial charge >= 0.3 is 0 Å². The summed E-state index contributed by atoms with van der Waals surface area (Å²) in [6, 6.07) is 5.50. The molecular formula is C14H19ClN2O. The Kier molecular flexibility index (Phi) is 4.61. The van der Waals surface area contributed by atoms with Gasteiger partial charge in [-0.15, -0.1) is 0 Å². The van der Waals surface area contributed by atoms with E-state index in [1.165, 1.54) is 19.3 Å². The summed E-state index contributed by atoms with van der Waals surface area (Å²) in [5.41, 5.74) is 1.81. The van der Waals surface area contributed by atoms with Crippen molar-refractivity contribution >= 4 is 23.2 Å². The standard InChI is InChI=1S/C14H19ClN2O/c1-10-5-6-12(15)7-13(10)17-14(18)9-16-8-11-3-2-4-11/h5-7,11,16H,2-4,8-9H2,1H3,(H,17,18). The van der Waals surface area contributed by atoms with Crippen LogP contribution in [-0.2, 0) is 4.79 Å². The molecule has 0 aromatic heterocycles. The molecular weight excluding hydrogens is 248 g/mol. The smallest absolute Gasteiger partial charge is 0.238 e. The lowest BCUT2D eigenvalue weighted by Crippen LogP contribution is -2.33. The normalized spacial score (nSPS) is 15.2. The number of carbonyl (C=O) groups is 1. The Morgan fingerprint density at radius 1 is 1.44 bits per heavy atom. The molecule has 0 atom stereocenters. The molecule has 0 spiro atoms. The number of amides is 1. The zero-order valence-electron chi connectivity index (χ0n) is 10.6. The fraction of sp³-hybridized carbons (Fsp3) is 0.500. The monoisotopic (exact) mass is 266 g/mol. The number of benzene rings is 1.